The van der Waals surface area contributed by atoms with Crippen molar-refractivity contribution < 1.29 is 17.9 Å². The molecule has 2 atom stereocenters. The highest BCUT2D eigenvalue weighted by molar-refractivity contribution is 5.91. The van der Waals surface area contributed by atoms with Crippen molar-refractivity contribution in [2.75, 3.05) is 11.9 Å². The average Bonchev–Trinajstić information content (AvgIpc) is 3.36. The minimum atomic E-state index is -4.51. The van der Waals surface area contributed by atoms with Crippen molar-refractivity contribution in [2.45, 2.75) is 49.9 Å². The molecule has 0 spiro atoms. The SMILES string of the molecule is N#CC[C@@H](C1CC1)n1nc(Nc2ccc([C@]3(C(F)(F)F)CCCO3)cc2)c2c(=O)[nH]ccc21. The lowest BCUT2D eigenvalue weighted by Gasteiger charge is -2.31. The van der Waals surface area contributed by atoms with Crippen LogP contribution in [0.4, 0.5) is 24.7 Å². The van der Waals surface area contributed by atoms with Gasteiger partial charge in [0.2, 0.25) is 0 Å². The third kappa shape index (κ3) is 3.66. The number of anilines is 2. The highest BCUT2D eigenvalue weighted by atomic mass is 19.4. The zero-order valence-corrected chi connectivity index (χ0v) is 17.7. The number of pyridine rings is 1. The van der Waals surface area contributed by atoms with Crippen LogP contribution in [0.1, 0.15) is 43.7 Å². The van der Waals surface area contributed by atoms with Crippen molar-refractivity contribution in [3.63, 3.8) is 0 Å². The van der Waals surface area contributed by atoms with Crippen LogP contribution in [-0.4, -0.2) is 27.5 Å². The standard InChI is InChI=1S/C23H22F3N5O2/c24-23(25,26)22(10-1-13-33-22)15-4-6-16(7-5-15)29-20-19-18(9-12-28-21(19)32)31(30-20)17(8-11-27)14-2-3-14/h4-7,9,12,14,17H,1-3,8,10,13H2,(H,28,32)(H,29,30)/t17-,22-/m0/s1. The summed E-state index contributed by atoms with van der Waals surface area (Å²) in [6.07, 6.45) is -0.461. The molecular formula is C23H22F3N5O2. The van der Waals surface area contributed by atoms with Gasteiger partial charge in [-0.25, -0.2) is 0 Å². The number of nitrogens with one attached hydrogen (secondary N) is 2. The van der Waals surface area contributed by atoms with Gasteiger partial charge >= 0.3 is 6.18 Å². The molecule has 10 heteroatoms. The number of nitrogens with zero attached hydrogens (tertiary/aromatic N) is 3. The first-order valence-corrected chi connectivity index (χ1v) is 10.9. The molecule has 0 radical (unpaired) electrons. The molecule has 1 saturated carbocycles. The molecule has 2 aliphatic rings. The van der Waals surface area contributed by atoms with Crippen molar-refractivity contribution in [1.29, 1.82) is 5.26 Å². The van der Waals surface area contributed by atoms with E-state index in [4.69, 9.17) is 4.74 Å². The number of benzene rings is 1. The van der Waals surface area contributed by atoms with Crippen LogP contribution in [0, 0.1) is 17.2 Å². The van der Waals surface area contributed by atoms with Gasteiger partial charge in [-0.05, 0) is 55.4 Å². The number of hydrogen-bond acceptors (Lipinski definition) is 5. The topological polar surface area (TPSA) is 95.7 Å². The predicted molar refractivity (Wildman–Crippen MR) is 115 cm³/mol. The Morgan fingerprint density at radius 3 is 2.67 bits per heavy atom. The Bertz CT molecular complexity index is 1260. The Morgan fingerprint density at radius 2 is 2.06 bits per heavy atom. The molecule has 0 bridgehead atoms. The Labute approximate surface area is 187 Å². The molecule has 3 heterocycles. The molecule has 2 N–H and O–H groups in total. The molecular weight excluding hydrogens is 435 g/mol. The summed E-state index contributed by atoms with van der Waals surface area (Å²) in [5.74, 6) is 0.634. The summed E-state index contributed by atoms with van der Waals surface area (Å²) in [7, 11) is 0. The number of halogens is 3. The van der Waals surface area contributed by atoms with E-state index in [-0.39, 0.29) is 36.6 Å². The number of H-pyrrole nitrogens is 1. The minimum absolute atomic E-state index is 0.0501. The van der Waals surface area contributed by atoms with E-state index in [2.05, 4.69) is 21.5 Å². The maximum atomic E-state index is 13.8. The van der Waals surface area contributed by atoms with E-state index >= 15 is 0 Å². The normalized spacial score (nSPS) is 21.8. The van der Waals surface area contributed by atoms with Gasteiger partial charge in [0.15, 0.2) is 11.4 Å². The first-order valence-electron chi connectivity index (χ1n) is 10.9. The molecule has 1 saturated heterocycles. The third-order valence-electron chi connectivity index (χ3n) is 6.50. The summed E-state index contributed by atoms with van der Waals surface area (Å²) in [6.45, 7) is 0.0660. The fourth-order valence-corrected chi connectivity index (χ4v) is 4.68. The van der Waals surface area contributed by atoms with Gasteiger partial charge < -0.3 is 15.0 Å². The summed E-state index contributed by atoms with van der Waals surface area (Å²) in [5.41, 5.74) is -1.47. The van der Waals surface area contributed by atoms with E-state index in [0.29, 0.717) is 34.7 Å². The third-order valence-corrected chi connectivity index (χ3v) is 6.50. The van der Waals surface area contributed by atoms with Gasteiger partial charge in [-0.2, -0.15) is 23.5 Å². The van der Waals surface area contributed by atoms with Crippen LogP contribution in [-0.2, 0) is 10.3 Å². The molecule has 1 aromatic carbocycles. The maximum Gasteiger partial charge on any atom is 0.421 e. The summed E-state index contributed by atoms with van der Waals surface area (Å²) < 4.78 is 48.2. The second kappa shape index (κ2) is 7.92. The van der Waals surface area contributed by atoms with E-state index in [1.165, 1.54) is 30.5 Å². The van der Waals surface area contributed by atoms with E-state index in [9.17, 15) is 23.2 Å². The molecule has 3 aromatic rings. The first kappa shape index (κ1) is 21.5. The van der Waals surface area contributed by atoms with Crippen molar-refractivity contribution in [3.05, 3.63) is 52.4 Å². The Morgan fingerprint density at radius 1 is 1.30 bits per heavy atom. The molecule has 172 valence electrons. The summed E-state index contributed by atoms with van der Waals surface area (Å²) in [4.78, 5) is 15.2. The molecule has 0 amide bonds. The molecule has 2 aromatic heterocycles. The zero-order valence-electron chi connectivity index (χ0n) is 17.7. The predicted octanol–water partition coefficient (Wildman–Crippen LogP) is 4.90. The number of nitriles is 1. The van der Waals surface area contributed by atoms with Crippen LogP contribution in [0.15, 0.2) is 41.3 Å². The highest BCUT2D eigenvalue weighted by Crippen LogP contribution is 2.49. The van der Waals surface area contributed by atoms with Crippen LogP contribution in [0.25, 0.3) is 10.9 Å². The van der Waals surface area contributed by atoms with Gasteiger partial charge in [0.1, 0.15) is 5.39 Å². The van der Waals surface area contributed by atoms with Gasteiger partial charge in [-0.1, -0.05) is 12.1 Å². The van der Waals surface area contributed by atoms with Gasteiger partial charge in [-0.3, -0.25) is 9.48 Å². The number of aromatic amines is 1. The quantitative estimate of drug-likeness (QED) is 0.549. The smallest absolute Gasteiger partial charge is 0.361 e. The number of alkyl halides is 3. The average molecular weight is 457 g/mol. The molecule has 1 aliphatic carbocycles. The fourth-order valence-electron chi connectivity index (χ4n) is 4.68. The molecule has 33 heavy (non-hydrogen) atoms. The summed E-state index contributed by atoms with van der Waals surface area (Å²) >= 11 is 0. The Balaban J connectivity index is 1.50. The van der Waals surface area contributed by atoms with E-state index in [0.717, 1.165) is 12.8 Å². The molecule has 5 rings (SSSR count). The van der Waals surface area contributed by atoms with E-state index < -0.39 is 11.8 Å². The van der Waals surface area contributed by atoms with Crippen LogP contribution in [0.2, 0.25) is 0 Å². The lowest BCUT2D eigenvalue weighted by atomic mass is 9.90. The van der Waals surface area contributed by atoms with Gasteiger partial charge in [0, 0.05) is 18.5 Å². The number of fused-ring (bicyclic) bond motifs is 1. The number of aromatic nitrogens is 3. The van der Waals surface area contributed by atoms with Crippen LogP contribution in [0.5, 0.6) is 0 Å². The second-order valence-corrected chi connectivity index (χ2v) is 8.61. The van der Waals surface area contributed by atoms with Gasteiger partial charge in [0.25, 0.3) is 5.56 Å². The number of hydrogen-bond donors (Lipinski definition) is 2. The van der Waals surface area contributed by atoms with Gasteiger partial charge in [0.05, 0.1) is 24.0 Å². The monoisotopic (exact) mass is 457 g/mol. The Kier molecular flexibility index (Phi) is 5.16. The molecule has 2 fully saturated rings. The lowest BCUT2D eigenvalue weighted by molar-refractivity contribution is -0.269. The Hall–Kier alpha value is -3.32. The fraction of sp³-hybridized carbons (Fsp3) is 0.435. The van der Waals surface area contributed by atoms with Crippen molar-refractivity contribution in [2.24, 2.45) is 5.92 Å². The summed E-state index contributed by atoms with van der Waals surface area (Å²) in [5, 5.41) is 17.3. The highest BCUT2D eigenvalue weighted by Gasteiger charge is 2.58. The van der Waals surface area contributed by atoms with E-state index in [1.807, 2.05) is 0 Å². The first-order chi connectivity index (χ1) is 15.8. The molecule has 0 unspecified atom stereocenters. The van der Waals surface area contributed by atoms with E-state index in [1.54, 1.807) is 10.7 Å². The number of ether oxygens (including phenoxy) is 1. The molecule has 1 aliphatic heterocycles. The second-order valence-electron chi connectivity index (χ2n) is 8.61. The van der Waals surface area contributed by atoms with Crippen molar-refractivity contribution >= 4 is 22.4 Å². The number of rotatable bonds is 6. The maximum absolute atomic E-state index is 13.8. The van der Waals surface area contributed by atoms with Crippen molar-refractivity contribution in [3.8, 4) is 6.07 Å². The lowest BCUT2D eigenvalue weighted by Crippen LogP contribution is -2.41. The van der Waals surface area contributed by atoms with Gasteiger partial charge in [-0.15, -0.1) is 0 Å². The molecule has 7 nitrogen and oxygen atoms in total. The largest absolute Gasteiger partial charge is 0.421 e. The summed E-state index contributed by atoms with van der Waals surface area (Å²) in [6, 6.07) is 9.66. The minimum Gasteiger partial charge on any atom is -0.361 e. The van der Waals surface area contributed by atoms with Crippen molar-refractivity contribution in [1.82, 2.24) is 14.8 Å². The van der Waals surface area contributed by atoms with Crippen LogP contribution in [0.3, 0.4) is 0 Å². The van der Waals surface area contributed by atoms with Crippen LogP contribution < -0.4 is 10.9 Å². The zero-order chi connectivity index (χ0) is 23.2. The van der Waals surface area contributed by atoms with Crippen LogP contribution >= 0.6 is 0 Å².